The standard InChI is InChI=1S/C28H23N3O4S2/c1-3-35-28(34)23-20(18-10-6-4-7-11-18)15-36-26(23)30-21(32)14-31-16-29-25-24(27(31)33)22(17(2)37-25)19-12-8-5-9-13-19/h4-13,15-16H,3,14H2,1-2H3,(H,30,32). The van der Waals surface area contributed by atoms with E-state index in [1.54, 1.807) is 6.92 Å². The first-order valence-electron chi connectivity index (χ1n) is 11.7. The zero-order chi connectivity index (χ0) is 25.9. The van der Waals surface area contributed by atoms with E-state index in [1.807, 2.05) is 73.0 Å². The van der Waals surface area contributed by atoms with Gasteiger partial charge in [-0.15, -0.1) is 22.7 Å². The van der Waals surface area contributed by atoms with Gasteiger partial charge in [-0.3, -0.25) is 14.2 Å². The van der Waals surface area contributed by atoms with Crippen molar-refractivity contribution in [1.82, 2.24) is 9.55 Å². The number of hydrogen-bond acceptors (Lipinski definition) is 7. The minimum Gasteiger partial charge on any atom is -0.462 e. The molecule has 0 unspecified atom stereocenters. The number of thiophene rings is 2. The molecular formula is C28H23N3O4S2. The second-order valence-electron chi connectivity index (χ2n) is 8.25. The fourth-order valence-corrected chi connectivity index (χ4v) is 6.19. The number of aryl methyl sites for hydroxylation is 1. The van der Waals surface area contributed by atoms with E-state index < -0.39 is 11.9 Å². The number of nitrogens with one attached hydrogen (secondary N) is 1. The van der Waals surface area contributed by atoms with Gasteiger partial charge >= 0.3 is 5.97 Å². The monoisotopic (exact) mass is 529 g/mol. The van der Waals surface area contributed by atoms with Crippen molar-refractivity contribution in [1.29, 1.82) is 0 Å². The molecule has 0 atom stereocenters. The first-order chi connectivity index (χ1) is 18.0. The first kappa shape index (κ1) is 24.6. The molecule has 5 aromatic rings. The lowest BCUT2D eigenvalue weighted by molar-refractivity contribution is -0.116. The molecule has 186 valence electrons. The van der Waals surface area contributed by atoms with Gasteiger partial charge in [0.15, 0.2) is 0 Å². The Balaban J connectivity index is 1.47. The predicted molar refractivity (Wildman–Crippen MR) is 148 cm³/mol. The van der Waals surface area contributed by atoms with E-state index >= 15 is 0 Å². The van der Waals surface area contributed by atoms with Gasteiger partial charge < -0.3 is 10.1 Å². The number of amides is 1. The van der Waals surface area contributed by atoms with Gasteiger partial charge in [0, 0.05) is 21.4 Å². The topological polar surface area (TPSA) is 90.3 Å². The minimum atomic E-state index is -0.514. The molecule has 1 N–H and O–H groups in total. The fraction of sp³-hybridized carbons (Fsp3) is 0.143. The Morgan fingerprint density at radius 2 is 1.70 bits per heavy atom. The molecule has 3 aromatic heterocycles. The molecule has 37 heavy (non-hydrogen) atoms. The van der Waals surface area contributed by atoms with Gasteiger partial charge in [-0.2, -0.15) is 0 Å². The van der Waals surface area contributed by atoms with Crippen molar-refractivity contribution in [2.45, 2.75) is 20.4 Å². The summed E-state index contributed by atoms with van der Waals surface area (Å²) in [5.74, 6) is -0.956. The first-order valence-corrected chi connectivity index (χ1v) is 13.3. The van der Waals surface area contributed by atoms with Crippen molar-refractivity contribution in [2.24, 2.45) is 0 Å². The van der Waals surface area contributed by atoms with Crippen LogP contribution in [-0.4, -0.2) is 28.0 Å². The predicted octanol–water partition coefficient (Wildman–Crippen LogP) is 5.98. The number of esters is 1. The lowest BCUT2D eigenvalue weighted by Crippen LogP contribution is -2.28. The highest BCUT2D eigenvalue weighted by molar-refractivity contribution is 7.19. The lowest BCUT2D eigenvalue weighted by Gasteiger charge is -2.10. The van der Waals surface area contributed by atoms with E-state index in [4.69, 9.17) is 4.74 Å². The Morgan fingerprint density at radius 1 is 1.03 bits per heavy atom. The van der Waals surface area contributed by atoms with Crippen LogP contribution >= 0.6 is 22.7 Å². The maximum absolute atomic E-state index is 13.5. The van der Waals surface area contributed by atoms with E-state index in [1.165, 1.54) is 33.6 Å². The highest BCUT2D eigenvalue weighted by Crippen LogP contribution is 2.37. The Bertz CT molecular complexity index is 1650. The van der Waals surface area contributed by atoms with Crippen LogP contribution in [-0.2, 0) is 16.1 Å². The summed E-state index contributed by atoms with van der Waals surface area (Å²) in [7, 11) is 0. The van der Waals surface area contributed by atoms with E-state index in [0.717, 1.165) is 21.6 Å². The molecule has 0 bridgehead atoms. The summed E-state index contributed by atoms with van der Waals surface area (Å²) >= 11 is 2.69. The Labute approximate surface area is 221 Å². The van der Waals surface area contributed by atoms with E-state index in [0.29, 0.717) is 26.3 Å². The van der Waals surface area contributed by atoms with Crippen LogP contribution < -0.4 is 10.9 Å². The highest BCUT2D eigenvalue weighted by Gasteiger charge is 2.23. The molecule has 2 aromatic carbocycles. The van der Waals surface area contributed by atoms with Crippen LogP contribution in [0.15, 0.2) is 77.2 Å². The van der Waals surface area contributed by atoms with Crippen molar-refractivity contribution in [3.63, 3.8) is 0 Å². The summed E-state index contributed by atoms with van der Waals surface area (Å²) in [6, 6.07) is 19.1. The third-order valence-corrected chi connectivity index (χ3v) is 7.75. The molecule has 5 rings (SSSR count). The molecular weight excluding hydrogens is 506 g/mol. The van der Waals surface area contributed by atoms with E-state index in [-0.39, 0.29) is 18.7 Å². The molecule has 3 heterocycles. The smallest absolute Gasteiger partial charge is 0.341 e. The third kappa shape index (κ3) is 4.83. The summed E-state index contributed by atoms with van der Waals surface area (Å²) in [6.07, 6.45) is 1.39. The SMILES string of the molecule is CCOC(=O)c1c(-c2ccccc2)csc1NC(=O)Cn1cnc2sc(C)c(-c3ccccc3)c2c1=O. The molecule has 0 fully saturated rings. The summed E-state index contributed by atoms with van der Waals surface area (Å²) < 4.78 is 6.56. The molecule has 0 saturated carbocycles. The fourth-order valence-electron chi connectivity index (χ4n) is 4.21. The van der Waals surface area contributed by atoms with Crippen LogP contribution in [0, 0.1) is 6.92 Å². The quantitative estimate of drug-likeness (QED) is 0.262. The van der Waals surface area contributed by atoms with Gasteiger partial charge in [-0.1, -0.05) is 60.7 Å². The molecule has 0 radical (unpaired) electrons. The van der Waals surface area contributed by atoms with Gasteiger partial charge in [-0.25, -0.2) is 9.78 Å². The van der Waals surface area contributed by atoms with Crippen LogP contribution in [0.4, 0.5) is 5.00 Å². The number of fused-ring (bicyclic) bond motifs is 1. The third-order valence-electron chi connectivity index (χ3n) is 5.84. The minimum absolute atomic E-state index is 0.210. The van der Waals surface area contributed by atoms with Gasteiger partial charge in [0.05, 0.1) is 18.3 Å². The van der Waals surface area contributed by atoms with Crippen LogP contribution in [0.1, 0.15) is 22.2 Å². The molecule has 0 aliphatic carbocycles. The summed E-state index contributed by atoms with van der Waals surface area (Å²) in [4.78, 5) is 45.4. The van der Waals surface area contributed by atoms with Crippen molar-refractivity contribution in [2.75, 3.05) is 11.9 Å². The van der Waals surface area contributed by atoms with Crippen molar-refractivity contribution < 1.29 is 14.3 Å². The molecule has 0 spiro atoms. The molecule has 0 saturated heterocycles. The molecule has 1 amide bonds. The number of anilines is 1. The second kappa shape index (κ2) is 10.5. The van der Waals surface area contributed by atoms with Crippen LogP contribution in [0.5, 0.6) is 0 Å². The number of ether oxygens (including phenoxy) is 1. The number of carbonyl (C=O) groups is 2. The van der Waals surface area contributed by atoms with Gasteiger partial charge in [0.25, 0.3) is 5.56 Å². The maximum atomic E-state index is 13.5. The van der Waals surface area contributed by atoms with E-state index in [2.05, 4.69) is 10.3 Å². The second-order valence-corrected chi connectivity index (χ2v) is 10.3. The normalized spacial score (nSPS) is 11.0. The Morgan fingerprint density at radius 3 is 2.38 bits per heavy atom. The van der Waals surface area contributed by atoms with Crippen molar-refractivity contribution >= 4 is 49.8 Å². The van der Waals surface area contributed by atoms with Crippen LogP contribution in [0.25, 0.3) is 32.5 Å². The van der Waals surface area contributed by atoms with Crippen LogP contribution in [0.3, 0.4) is 0 Å². The number of benzene rings is 2. The molecule has 7 nitrogen and oxygen atoms in total. The number of hydrogen-bond donors (Lipinski definition) is 1. The zero-order valence-electron chi connectivity index (χ0n) is 20.2. The van der Waals surface area contributed by atoms with Crippen LogP contribution in [0.2, 0.25) is 0 Å². The van der Waals surface area contributed by atoms with E-state index in [9.17, 15) is 14.4 Å². The molecule has 0 aliphatic rings. The van der Waals surface area contributed by atoms with Gasteiger partial charge in [0.2, 0.25) is 5.91 Å². The van der Waals surface area contributed by atoms with Gasteiger partial charge in [0.1, 0.15) is 21.9 Å². The van der Waals surface area contributed by atoms with Crippen molar-refractivity contribution in [3.05, 3.63) is 93.2 Å². The summed E-state index contributed by atoms with van der Waals surface area (Å²) in [5, 5.41) is 5.50. The lowest BCUT2D eigenvalue weighted by atomic mass is 10.0. The summed E-state index contributed by atoms with van der Waals surface area (Å²) in [5.41, 5.74) is 3.30. The van der Waals surface area contributed by atoms with Crippen molar-refractivity contribution in [3.8, 4) is 22.3 Å². The average molecular weight is 530 g/mol. The maximum Gasteiger partial charge on any atom is 0.341 e. The molecule has 0 aliphatic heterocycles. The van der Waals surface area contributed by atoms with Gasteiger partial charge in [-0.05, 0) is 25.0 Å². The number of rotatable bonds is 7. The Kier molecular flexibility index (Phi) is 6.98. The number of nitrogens with zero attached hydrogens (tertiary/aromatic N) is 2. The number of aromatic nitrogens is 2. The Hall–Kier alpha value is -4.08. The zero-order valence-corrected chi connectivity index (χ0v) is 21.8. The average Bonchev–Trinajstić information content (AvgIpc) is 3.47. The highest BCUT2D eigenvalue weighted by atomic mass is 32.1. The summed E-state index contributed by atoms with van der Waals surface area (Å²) in [6.45, 7) is 3.66. The number of carbonyl (C=O) groups excluding carboxylic acids is 2. The largest absolute Gasteiger partial charge is 0.462 e. The molecule has 9 heteroatoms.